The smallest absolute Gasteiger partial charge is 0.326 e. The fraction of sp³-hybridized carbons (Fsp3) is 0.692. The van der Waals surface area contributed by atoms with Crippen LogP contribution in [0.25, 0.3) is 0 Å². The first kappa shape index (κ1) is 13.0. The van der Waals surface area contributed by atoms with Crippen molar-refractivity contribution in [3.05, 3.63) is 12.4 Å². The van der Waals surface area contributed by atoms with Crippen molar-refractivity contribution in [2.75, 3.05) is 7.11 Å². The van der Waals surface area contributed by atoms with E-state index in [2.05, 4.69) is 15.3 Å². The average molecular weight is 281 g/mol. The zero-order chi connectivity index (χ0) is 13.3. The maximum absolute atomic E-state index is 12.1. The Balaban J connectivity index is 1.67. The highest BCUT2D eigenvalue weighted by Crippen LogP contribution is 2.41. The zero-order valence-electron chi connectivity index (χ0n) is 11.0. The number of thioether (sulfide) groups is 1. The second-order valence-corrected chi connectivity index (χ2v) is 6.66. The highest BCUT2D eigenvalue weighted by atomic mass is 32.2. The van der Waals surface area contributed by atoms with Crippen LogP contribution in [0.4, 0.5) is 0 Å². The number of rotatable bonds is 5. The molecule has 2 fully saturated rings. The van der Waals surface area contributed by atoms with Gasteiger partial charge in [-0.3, -0.25) is 10.1 Å². The summed E-state index contributed by atoms with van der Waals surface area (Å²) in [6.07, 6.45) is 8.63. The Labute approximate surface area is 116 Å². The van der Waals surface area contributed by atoms with E-state index in [0.717, 1.165) is 24.4 Å². The van der Waals surface area contributed by atoms with E-state index in [1.54, 1.807) is 18.0 Å². The quantitative estimate of drug-likeness (QED) is 0.804. The van der Waals surface area contributed by atoms with E-state index in [-0.39, 0.29) is 5.97 Å². The summed E-state index contributed by atoms with van der Waals surface area (Å²) < 4.78 is 5.02. The van der Waals surface area contributed by atoms with Crippen LogP contribution in [-0.4, -0.2) is 39.9 Å². The van der Waals surface area contributed by atoms with Crippen LogP contribution in [0.2, 0.25) is 0 Å². The van der Waals surface area contributed by atoms with Gasteiger partial charge in [-0.15, -0.1) is 0 Å². The summed E-state index contributed by atoms with van der Waals surface area (Å²) in [5.41, 5.74) is -0.472. The van der Waals surface area contributed by atoms with Crippen molar-refractivity contribution >= 4 is 17.7 Å². The molecule has 2 saturated carbocycles. The summed E-state index contributed by atoms with van der Waals surface area (Å²) in [6.45, 7) is 0. The van der Waals surface area contributed by atoms with Crippen LogP contribution in [-0.2, 0) is 9.53 Å². The molecule has 1 aromatic rings. The number of H-pyrrole nitrogens is 1. The molecule has 1 heterocycles. The Morgan fingerprint density at radius 3 is 3.05 bits per heavy atom. The number of hydrogen-bond donors (Lipinski definition) is 2. The Hall–Kier alpha value is -1.01. The van der Waals surface area contributed by atoms with Crippen LogP contribution in [0.3, 0.4) is 0 Å². The molecule has 2 aliphatic carbocycles. The van der Waals surface area contributed by atoms with Crippen molar-refractivity contribution in [3.63, 3.8) is 0 Å². The summed E-state index contributed by atoms with van der Waals surface area (Å²) in [6, 6.07) is 0.506. The number of hydrogen-bond acceptors (Lipinski definition) is 5. The van der Waals surface area contributed by atoms with Crippen molar-refractivity contribution in [2.45, 2.75) is 54.1 Å². The van der Waals surface area contributed by atoms with Gasteiger partial charge in [-0.1, -0.05) is 11.8 Å². The molecule has 1 aromatic heterocycles. The number of nitrogens with one attached hydrogen (secondary N) is 2. The van der Waals surface area contributed by atoms with Crippen molar-refractivity contribution in [2.24, 2.45) is 0 Å². The van der Waals surface area contributed by atoms with Gasteiger partial charge in [0.05, 0.1) is 7.11 Å². The predicted octanol–water partition coefficient (Wildman–Crippen LogP) is 1.72. The summed E-state index contributed by atoms with van der Waals surface area (Å²) >= 11 is 1.72. The normalized spacial score (nSPS) is 30.5. The lowest BCUT2D eigenvalue weighted by atomic mass is 9.97. The van der Waals surface area contributed by atoms with E-state index in [9.17, 15) is 4.79 Å². The highest BCUT2D eigenvalue weighted by molar-refractivity contribution is 7.99. The van der Waals surface area contributed by atoms with Gasteiger partial charge in [-0.05, 0) is 32.1 Å². The highest BCUT2D eigenvalue weighted by Gasteiger charge is 2.49. The SMILES string of the molecule is COC(=O)C1(NC2CC2)CCC(Sc2ncc[nH]2)C1. The maximum atomic E-state index is 12.1. The Morgan fingerprint density at radius 1 is 1.58 bits per heavy atom. The molecule has 0 amide bonds. The van der Waals surface area contributed by atoms with Crippen LogP contribution in [0.15, 0.2) is 17.6 Å². The largest absolute Gasteiger partial charge is 0.468 e. The number of carbonyl (C=O) groups is 1. The molecule has 104 valence electrons. The standard InChI is InChI=1S/C13H19N3O2S/c1-18-11(17)13(16-9-2-3-9)5-4-10(8-13)19-12-14-6-7-15-12/h6-7,9-10,16H,2-5,8H2,1H3,(H,14,15). The van der Waals surface area contributed by atoms with Crippen LogP contribution < -0.4 is 5.32 Å². The lowest BCUT2D eigenvalue weighted by molar-refractivity contribution is -0.148. The molecule has 0 aliphatic heterocycles. The first-order valence-corrected chi connectivity index (χ1v) is 7.62. The van der Waals surface area contributed by atoms with Gasteiger partial charge in [0.2, 0.25) is 0 Å². The van der Waals surface area contributed by atoms with E-state index >= 15 is 0 Å². The number of aromatic nitrogens is 2. The first-order chi connectivity index (χ1) is 9.22. The molecule has 3 rings (SSSR count). The molecule has 0 bridgehead atoms. The maximum Gasteiger partial charge on any atom is 0.326 e. The zero-order valence-corrected chi connectivity index (χ0v) is 11.8. The fourth-order valence-corrected chi connectivity index (χ4v) is 3.94. The van der Waals surface area contributed by atoms with E-state index in [1.807, 2.05) is 6.20 Å². The first-order valence-electron chi connectivity index (χ1n) is 6.74. The van der Waals surface area contributed by atoms with Gasteiger partial charge in [0.15, 0.2) is 5.16 Å². The van der Waals surface area contributed by atoms with Gasteiger partial charge in [0.25, 0.3) is 0 Å². The Morgan fingerprint density at radius 2 is 2.42 bits per heavy atom. The van der Waals surface area contributed by atoms with Crippen LogP contribution in [0.1, 0.15) is 32.1 Å². The summed E-state index contributed by atoms with van der Waals surface area (Å²) in [5.74, 6) is -0.109. The third kappa shape index (κ3) is 2.79. The van der Waals surface area contributed by atoms with Crippen molar-refractivity contribution in [1.82, 2.24) is 15.3 Å². The number of esters is 1. The number of imidazole rings is 1. The second kappa shape index (κ2) is 5.17. The minimum Gasteiger partial charge on any atom is -0.468 e. The van der Waals surface area contributed by atoms with Gasteiger partial charge >= 0.3 is 5.97 Å². The lowest BCUT2D eigenvalue weighted by Gasteiger charge is -2.27. The van der Waals surface area contributed by atoms with E-state index in [1.165, 1.54) is 20.0 Å². The van der Waals surface area contributed by atoms with E-state index < -0.39 is 5.54 Å². The molecular weight excluding hydrogens is 262 g/mol. The predicted molar refractivity (Wildman–Crippen MR) is 73.0 cm³/mol. The third-order valence-electron chi connectivity index (χ3n) is 3.85. The molecule has 2 unspecified atom stereocenters. The van der Waals surface area contributed by atoms with Gasteiger partial charge in [0.1, 0.15) is 5.54 Å². The van der Waals surface area contributed by atoms with Crippen molar-refractivity contribution in [3.8, 4) is 0 Å². The third-order valence-corrected chi connectivity index (χ3v) is 5.04. The van der Waals surface area contributed by atoms with Crippen LogP contribution >= 0.6 is 11.8 Å². The van der Waals surface area contributed by atoms with Gasteiger partial charge < -0.3 is 9.72 Å². The number of carbonyl (C=O) groups excluding carboxylic acids is 1. The molecule has 19 heavy (non-hydrogen) atoms. The monoisotopic (exact) mass is 281 g/mol. The number of methoxy groups -OCH3 is 1. The molecule has 5 nitrogen and oxygen atoms in total. The van der Waals surface area contributed by atoms with Crippen LogP contribution in [0.5, 0.6) is 0 Å². The molecule has 2 N–H and O–H groups in total. The number of aromatic amines is 1. The summed E-state index contributed by atoms with van der Waals surface area (Å²) in [4.78, 5) is 19.5. The Kier molecular flexibility index (Phi) is 3.54. The summed E-state index contributed by atoms with van der Waals surface area (Å²) in [7, 11) is 1.48. The van der Waals surface area contributed by atoms with E-state index in [0.29, 0.717) is 11.3 Å². The molecule has 0 radical (unpaired) electrons. The van der Waals surface area contributed by atoms with Crippen molar-refractivity contribution in [1.29, 1.82) is 0 Å². The molecule has 2 aliphatic rings. The van der Waals surface area contributed by atoms with Gasteiger partial charge in [-0.2, -0.15) is 0 Å². The minimum atomic E-state index is -0.472. The summed E-state index contributed by atoms with van der Waals surface area (Å²) in [5, 5.41) is 4.85. The van der Waals surface area contributed by atoms with Gasteiger partial charge in [-0.25, -0.2) is 4.98 Å². The molecule has 2 atom stereocenters. The van der Waals surface area contributed by atoms with Crippen molar-refractivity contribution < 1.29 is 9.53 Å². The molecule has 0 spiro atoms. The lowest BCUT2D eigenvalue weighted by Crippen LogP contribution is -2.52. The molecule has 0 aromatic carbocycles. The average Bonchev–Trinajstić information content (AvgIpc) is 2.91. The number of nitrogens with zero attached hydrogens (tertiary/aromatic N) is 1. The second-order valence-electron chi connectivity index (χ2n) is 5.37. The molecule has 0 saturated heterocycles. The van der Waals surface area contributed by atoms with Gasteiger partial charge in [0, 0.05) is 23.7 Å². The molecular formula is C13H19N3O2S. The van der Waals surface area contributed by atoms with Crippen LogP contribution in [0, 0.1) is 0 Å². The minimum absolute atomic E-state index is 0.109. The van der Waals surface area contributed by atoms with E-state index in [4.69, 9.17) is 4.74 Å². The molecule has 6 heteroatoms. The number of ether oxygens (including phenoxy) is 1. The topological polar surface area (TPSA) is 67.0 Å². The fourth-order valence-electron chi connectivity index (χ4n) is 2.76. The Bertz CT molecular complexity index is 447.